The van der Waals surface area contributed by atoms with Crippen molar-refractivity contribution in [3.8, 4) is 0 Å². The molecule has 19 heavy (non-hydrogen) atoms. The van der Waals surface area contributed by atoms with Crippen molar-refractivity contribution in [2.75, 3.05) is 19.8 Å². The van der Waals surface area contributed by atoms with Crippen molar-refractivity contribution in [2.24, 2.45) is 11.1 Å². The van der Waals surface area contributed by atoms with Gasteiger partial charge in [-0.15, -0.1) is 11.3 Å². The van der Waals surface area contributed by atoms with Crippen LogP contribution >= 0.6 is 11.3 Å². The van der Waals surface area contributed by atoms with Gasteiger partial charge in [0, 0.05) is 17.5 Å². The molecule has 3 unspecified atom stereocenters. The molecule has 0 aliphatic carbocycles. The van der Waals surface area contributed by atoms with Crippen molar-refractivity contribution in [1.29, 1.82) is 0 Å². The van der Waals surface area contributed by atoms with Crippen LogP contribution in [0.15, 0.2) is 11.4 Å². The smallest absolute Gasteiger partial charge is 0.233 e. The minimum absolute atomic E-state index is 0.141. The quantitative estimate of drug-likeness (QED) is 0.849. The molecule has 2 aliphatic heterocycles. The van der Waals surface area contributed by atoms with Crippen LogP contribution in [0.4, 0.5) is 0 Å². The minimum Gasteiger partial charge on any atom is -0.379 e. The third-order valence-electron chi connectivity index (χ3n) is 4.54. The van der Waals surface area contributed by atoms with Crippen molar-refractivity contribution >= 4 is 17.2 Å². The Kier molecular flexibility index (Phi) is 3.15. The van der Waals surface area contributed by atoms with E-state index in [1.165, 1.54) is 10.4 Å². The third kappa shape index (κ3) is 1.91. The second kappa shape index (κ2) is 4.58. The number of carbonyl (C=O) groups excluding carboxylic acids is 1. The summed E-state index contributed by atoms with van der Waals surface area (Å²) in [5.74, 6) is 0.141. The topological polar surface area (TPSA) is 55.6 Å². The normalized spacial score (nSPS) is 34.4. The summed E-state index contributed by atoms with van der Waals surface area (Å²) in [5.41, 5.74) is 6.80. The lowest BCUT2D eigenvalue weighted by Crippen LogP contribution is -2.53. The number of thiophene rings is 1. The van der Waals surface area contributed by atoms with E-state index in [2.05, 4.69) is 18.4 Å². The highest BCUT2D eigenvalue weighted by molar-refractivity contribution is 7.10. The summed E-state index contributed by atoms with van der Waals surface area (Å²) in [6, 6.07) is 2.08. The Morgan fingerprint density at radius 1 is 1.63 bits per heavy atom. The highest BCUT2D eigenvalue weighted by Crippen LogP contribution is 2.37. The molecule has 0 spiro atoms. The maximum atomic E-state index is 12.8. The van der Waals surface area contributed by atoms with Gasteiger partial charge in [0.1, 0.15) is 0 Å². The number of rotatable bonds is 1. The van der Waals surface area contributed by atoms with Gasteiger partial charge in [-0.2, -0.15) is 0 Å². The first-order chi connectivity index (χ1) is 9.04. The lowest BCUT2D eigenvalue weighted by Gasteiger charge is -2.39. The van der Waals surface area contributed by atoms with Gasteiger partial charge in [0.05, 0.1) is 24.7 Å². The van der Waals surface area contributed by atoms with Crippen molar-refractivity contribution in [1.82, 2.24) is 4.90 Å². The monoisotopic (exact) mass is 280 g/mol. The molecule has 3 atom stereocenters. The van der Waals surface area contributed by atoms with Crippen molar-refractivity contribution in [3.05, 3.63) is 21.9 Å². The van der Waals surface area contributed by atoms with Gasteiger partial charge in [-0.25, -0.2) is 0 Å². The fourth-order valence-corrected chi connectivity index (χ4v) is 3.99. The van der Waals surface area contributed by atoms with Crippen LogP contribution in [-0.2, 0) is 16.0 Å². The van der Waals surface area contributed by atoms with Crippen molar-refractivity contribution < 1.29 is 9.53 Å². The Hall–Kier alpha value is -0.910. The van der Waals surface area contributed by atoms with Crippen LogP contribution < -0.4 is 5.73 Å². The van der Waals surface area contributed by atoms with Gasteiger partial charge in [-0.05, 0) is 37.3 Å². The van der Waals surface area contributed by atoms with E-state index >= 15 is 0 Å². The molecular formula is C14H20N2O2S. The average molecular weight is 280 g/mol. The molecule has 104 valence electrons. The molecule has 3 rings (SSSR count). The SMILES string of the molecule is CC1c2ccsc2CCN1C(=O)C1(C)COCC1N. The summed E-state index contributed by atoms with van der Waals surface area (Å²) in [6.07, 6.45) is 0.954. The van der Waals surface area contributed by atoms with Gasteiger partial charge < -0.3 is 15.4 Å². The number of nitrogens with two attached hydrogens (primary N) is 1. The van der Waals surface area contributed by atoms with E-state index in [1.54, 1.807) is 11.3 Å². The fourth-order valence-electron chi connectivity index (χ4n) is 3.02. The van der Waals surface area contributed by atoms with E-state index in [1.807, 2.05) is 11.8 Å². The van der Waals surface area contributed by atoms with E-state index in [0.717, 1.165) is 13.0 Å². The van der Waals surface area contributed by atoms with Gasteiger partial charge in [0.2, 0.25) is 5.91 Å². The lowest BCUT2D eigenvalue weighted by atomic mass is 9.83. The molecule has 1 aromatic rings. The molecule has 0 saturated carbocycles. The predicted octanol–water partition coefficient (Wildman–Crippen LogP) is 1.56. The average Bonchev–Trinajstić information content (AvgIpc) is 2.98. The van der Waals surface area contributed by atoms with Crippen LogP contribution in [-0.4, -0.2) is 36.6 Å². The van der Waals surface area contributed by atoms with Crippen molar-refractivity contribution in [2.45, 2.75) is 32.4 Å². The number of ether oxygens (including phenoxy) is 1. The zero-order valence-electron chi connectivity index (χ0n) is 11.4. The van der Waals surface area contributed by atoms with Crippen LogP contribution in [0.5, 0.6) is 0 Å². The molecule has 1 saturated heterocycles. The minimum atomic E-state index is -0.568. The van der Waals surface area contributed by atoms with Gasteiger partial charge in [0.25, 0.3) is 0 Å². The molecule has 1 amide bonds. The maximum absolute atomic E-state index is 12.8. The zero-order chi connectivity index (χ0) is 13.6. The van der Waals surface area contributed by atoms with E-state index in [4.69, 9.17) is 10.5 Å². The molecule has 2 aliphatic rings. The molecule has 1 fully saturated rings. The summed E-state index contributed by atoms with van der Waals surface area (Å²) in [4.78, 5) is 16.2. The lowest BCUT2D eigenvalue weighted by molar-refractivity contribution is -0.144. The second-order valence-electron chi connectivity index (χ2n) is 5.76. The Morgan fingerprint density at radius 3 is 3.11 bits per heavy atom. The van der Waals surface area contributed by atoms with E-state index < -0.39 is 5.41 Å². The third-order valence-corrected chi connectivity index (χ3v) is 5.54. The molecule has 5 heteroatoms. The number of hydrogen-bond donors (Lipinski definition) is 1. The molecule has 0 radical (unpaired) electrons. The van der Waals surface area contributed by atoms with Gasteiger partial charge >= 0.3 is 0 Å². The van der Waals surface area contributed by atoms with E-state index in [-0.39, 0.29) is 18.0 Å². The highest BCUT2D eigenvalue weighted by atomic mass is 32.1. The predicted molar refractivity (Wildman–Crippen MR) is 75.1 cm³/mol. The molecule has 0 bridgehead atoms. The number of amides is 1. The summed E-state index contributed by atoms with van der Waals surface area (Å²) in [7, 11) is 0. The summed E-state index contributed by atoms with van der Waals surface area (Å²) in [5, 5.41) is 2.11. The Balaban J connectivity index is 1.86. The first-order valence-electron chi connectivity index (χ1n) is 6.74. The van der Waals surface area contributed by atoms with Crippen LogP contribution in [0.1, 0.15) is 30.3 Å². The van der Waals surface area contributed by atoms with E-state index in [0.29, 0.717) is 13.2 Å². The first kappa shape index (κ1) is 13.1. The largest absolute Gasteiger partial charge is 0.379 e. The molecular weight excluding hydrogens is 260 g/mol. The van der Waals surface area contributed by atoms with Crippen molar-refractivity contribution in [3.63, 3.8) is 0 Å². The van der Waals surface area contributed by atoms with Crippen LogP contribution in [0, 0.1) is 5.41 Å². The number of fused-ring (bicyclic) bond motifs is 1. The Morgan fingerprint density at radius 2 is 2.42 bits per heavy atom. The molecule has 3 heterocycles. The number of carbonyl (C=O) groups is 1. The van der Waals surface area contributed by atoms with Crippen LogP contribution in [0.25, 0.3) is 0 Å². The molecule has 1 aromatic heterocycles. The maximum Gasteiger partial charge on any atom is 0.233 e. The van der Waals surface area contributed by atoms with Crippen LogP contribution in [0.2, 0.25) is 0 Å². The van der Waals surface area contributed by atoms with Gasteiger partial charge in [-0.3, -0.25) is 4.79 Å². The summed E-state index contributed by atoms with van der Waals surface area (Å²) in [6.45, 7) is 5.74. The number of hydrogen-bond acceptors (Lipinski definition) is 4. The molecule has 4 nitrogen and oxygen atoms in total. The number of nitrogens with zero attached hydrogens (tertiary/aromatic N) is 1. The molecule has 2 N–H and O–H groups in total. The summed E-state index contributed by atoms with van der Waals surface area (Å²) >= 11 is 1.79. The fraction of sp³-hybridized carbons (Fsp3) is 0.643. The van der Waals surface area contributed by atoms with Gasteiger partial charge in [0.15, 0.2) is 0 Å². The zero-order valence-corrected chi connectivity index (χ0v) is 12.2. The van der Waals surface area contributed by atoms with E-state index in [9.17, 15) is 4.79 Å². The highest BCUT2D eigenvalue weighted by Gasteiger charge is 2.47. The summed E-state index contributed by atoms with van der Waals surface area (Å²) < 4.78 is 5.40. The Bertz CT molecular complexity index is 501. The molecule has 0 aromatic carbocycles. The standard InChI is InChI=1S/C14H20N2O2S/c1-9-10-4-6-19-11(10)3-5-16(9)13(17)14(2)8-18-7-12(14)15/h4,6,9,12H,3,5,7-8,15H2,1-2H3. The van der Waals surface area contributed by atoms with Crippen LogP contribution in [0.3, 0.4) is 0 Å². The second-order valence-corrected chi connectivity index (χ2v) is 6.76. The first-order valence-corrected chi connectivity index (χ1v) is 7.62. The Labute approximate surface area is 117 Å². The van der Waals surface area contributed by atoms with Gasteiger partial charge in [-0.1, -0.05) is 0 Å².